The van der Waals surface area contributed by atoms with Gasteiger partial charge in [0.1, 0.15) is 0 Å². The predicted octanol–water partition coefficient (Wildman–Crippen LogP) is 2.50. The van der Waals surface area contributed by atoms with Gasteiger partial charge in [-0.3, -0.25) is 0 Å². The normalized spacial score (nSPS) is 21.8. The van der Waals surface area contributed by atoms with E-state index in [9.17, 15) is 0 Å². The molecule has 2 nitrogen and oxygen atoms in total. The summed E-state index contributed by atoms with van der Waals surface area (Å²) in [6.07, 6.45) is 5.33. The van der Waals surface area contributed by atoms with E-state index in [0.717, 1.165) is 12.0 Å². The Balaban J connectivity index is 2.12. The maximum atomic E-state index is 3.54. The Kier molecular flexibility index (Phi) is 6.26. The molecule has 0 aromatic carbocycles. The summed E-state index contributed by atoms with van der Waals surface area (Å²) in [5.41, 5.74) is 0. The van der Waals surface area contributed by atoms with Gasteiger partial charge in [-0.2, -0.15) is 0 Å². The van der Waals surface area contributed by atoms with E-state index in [-0.39, 0.29) is 0 Å². The summed E-state index contributed by atoms with van der Waals surface area (Å²) >= 11 is 0. The number of nitrogens with zero attached hydrogens (tertiary/aromatic N) is 1. The van der Waals surface area contributed by atoms with Crippen molar-refractivity contribution >= 4 is 0 Å². The van der Waals surface area contributed by atoms with Crippen LogP contribution >= 0.6 is 0 Å². The fourth-order valence-corrected chi connectivity index (χ4v) is 2.34. The second-order valence-electron chi connectivity index (χ2n) is 4.94. The highest BCUT2D eigenvalue weighted by Gasteiger charge is 2.21. The summed E-state index contributed by atoms with van der Waals surface area (Å²) < 4.78 is 0. The third-order valence-electron chi connectivity index (χ3n) is 3.72. The summed E-state index contributed by atoms with van der Waals surface area (Å²) in [5, 5.41) is 3.54. The van der Waals surface area contributed by atoms with Crippen molar-refractivity contribution < 1.29 is 0 Å². The van der Waals surface area contributed by atoms with Gasteiger partial charge in [-0.05, 0) is 64.7 Å². The summed E-state index contributed by atoms with van der Waals surface area (Å²) in [7, 11) is 0. The Morgan fingerprint density at radius 1 is 1.27 bits per heavy atom. The van der Waals surface area contributed by atoms with Crippen LogP contribution < -0.4 is 5.32 Å². The van der Waals surface area contributed by atoms with Gasteiger partial charge in [0.25, 0.3) is 0 Å². The Hall–Kier alpha value is -0.0800. The van der Waals surface area contributed by atoms with E-state index in [4.69, 9.17) is 0 Å². The van der Waals surface area contributed by atoms with Gasteiger partial charge in [-0.15, -0.1) is 0 Å². The maximum Gasteiger partial charge on any atom is 0.00643 e. The van der Waals surface area contributed by atoms with E-state index in [0.29, 0.717) is 0 Å². The SMILES string of the molecule is CCCNCC1CCN(C(C)CC)CC1. The monoisotopic (exact) mass is 212 g/mol. The third-order valence-corrected chi connectivity index (χ3v) is 3.72. The molecule has 0 saturated carbocycles. The molecule has 1 fully saturated rings. The molecule has 1 unspecified atom stereocenters. The van der Waals surface area contributed by atoms with E-state index in [2.05, 4.69) is 31.0 Å². The van der Waals surface area contributed by atoms with E-state index >= 15 is 0 Å². The zero-order valence-corrected chi connectivity index (χ0v) is 10.8. The molecule has 0 amide bonds. The third kappa shape index (κ3) is 4.52. The lowest BCUT2D eigenvalue weighted by atomic mass is 9.95. The highest BCUT2D eigenvalue weighted by Crippen LogP contribution is 2.19. The van der Waals surface area contributed by atoms with Gasteiger partial charge in [0.05, 0.1) is 0 Å². The molecule has 1 heterocycles. The molecular weight excluding hydrogens is 184 g/mol. The minimum Gasteiger partial charge on any atom is -0.316 e. The van der Waals surface area contributed by atoms with Crippen molar-refractivity contribution in [3.05, 3.63) is 0 Å². The molecule has 90 valence electrons. The Labute approximate surface area is 95.4 Å². The van der Waals surface area contributed by atoms with Crippen LogP contribution in [0.4, 0.5) is 0 Å². The molecule has 1 N–H and O–H groups in total. The number of nitrogens with one attached hydrogen (secondary N) is 1. The van der Waals surface area contributed by atoms with Crippen LogP contribution in [0.3, 0.4) is 0 Å². The Morgan fingerprint density at radius 2 is 1.93 bits per heavy atom. The average molecular weight is 212 g/mol. The average Bonchev–Trinajstić information content (AvgIpc) is 2.29. The molecule has 0 aromatic rings. The van der Waals surface area contributed by atoms with Gasteiger partial charge in [-0.25, -0.2) is 0 Å². The smallest absolute Gasteiger partial charge is 0.00643 e. The fourth-order valence-electron chi connectivity index (χ4n) is 2.34. The van der Waals surface area contributed by atoms with E-state index in [1.807, 2.05) is 0 Å². The summed E-state index contributed by atoms with van der Waals surface area (Å²) in [6, 6.07) is 0.787. The van der Waals surface area contributed by atoms with Crippen LogP contribution in [0, 0.1) is 5.92 Å². The zero-order chi connectivity index (χ0) is 11.1. The van der Waals surface area contributed by atoms with Crippen LogP contribution in [0.25, 0.3) is 0 Å². The molecule has 0 aromatic heterocycles. The lowest BCUT2D eigenvalue weighted by Gasteiger charge is -2.35. The Morgan fingerprint density at radius 3 is 2.47 bits per heavy atom. The quantitative estimate of drug-likeness (QED) is 0.681. The van der Waals surface area contributed by atoms with E-state index in [1.165, 1.54) is 51.9 Å². The number of hydrogen-bond donors (Lipinski definition) is 1. The number of rotatable bonds is 6. The molecular formula is C13H28N2. The number of hydrogen-bond acceptors (Lipinski definition) is 2. The molecule has 1 aliphatic rings. The van der Waals surface area contributed by atoms with Gasteiger partial charge < -0.3 is 10.2 Å². The first-order valence-electron chi connectivity index (χ1n) is 6.72. The van der Waals surface area contributed by atoms with Crippen molar-refractivity contribution in [2.24, 2.45) is 5.92 Å². The second-order valence-corrected chi connectivity index (χ2v) is 4.94. The Bertz CT molecular complexity index is 151. The number of piperidine rings is 1. The van der Waals surface area contributed by atoms with Crippen LogP contribution in [-0.4, -0.2) is 37.1 Å². The first-order valence-corrected chi connectivity index (χ1v) is 6.72. The molecule has 0 aliphatic carbocycles. The first-order chi connectivity index (χ1) is 7.27. The lowest BCUT2D eigenvalue weighted by molar-refractivity contribution is 0.137. The summed E-state index contributed by atoms with van der Waals surface area (Å²) in [6.45, 7) is 11.9. The van der Waals surface area contributed by atoms with Crippen LogP contribution in [-0.2, 0) is 0 Å². The van der Waals surface area contributed by atoms with Crippen LogP contribution in [0.5, 0.6) is 0 Å². The standard InChI is InChI=1S/C13H28N2/c1-4-8-14-11-13-6-9-15(10-7-13)12(3)5-2/h12-14H,4-11H2,1-3H3. The molecule has 2 heteroatoms. The van der Waals surface area contributed by atoms with Crippen molar-refractivity contribution in [2.75, 3.05) is 26.2 Å². The number of likely N-dealkylation sites (tertiary alicyclic amines) is 1. The van der Waals surface area contributed by atoms with E-state index in [1.54, 1.807) is 0 Å². The maximum absolute atomic E-state index is 3.54. The topological polar surface area (TPSA) is 15.3 Å². The molecule has 0 spiro atoms. The second kappa shape index (κ2) is 7.24. The van der Waals surface area contributed by atoms with Crippen molar-refractivity contribution in [3.8, 4) is 0 Å². The molecule has 1 rings (SSSR count). The molecule has 15 heavy (non-hydrogen) atoms. The predicted molar refractivity (Wildman–Crippen MR) is 67.2 cm³/mol. The van der Waals surface area contributed by atoms with Crippen molar-refractivity contribution in [2.45, 2.75) is 52.5 Å². The first kappa shape index (κ1) is 13.0. The van der Waals surface area contributed by atoms with Crippen molar-refractivity contribution in [1.29, 1.82) is 0 Å². The van der Waals surface area contributed by atoms with E-state index < -0.39 is 0 Å². The minimum atomic E-state index is 0.787. The van der Waals surface area contributed by atoms with Gasteiger partial charge in [0.2, 0.25) is 0 Å². The highest BCUT2D eigenvalue weighted by atomic mass is 15.2. The van der Waals surface area contributed by atoms with Crippen molar-refractivity contribution in [3.63, 3.8) is 0 Å². The van der Waals surface area contributed by atoms with Gasteiger partial charge >= 0.3 is 0 Å². The molecule has 0 bridgehead atoms. The van der Waals surface area contributed by atoms with Crippen LogP contribution in [0.15, 0.2) is 0 Å². The minimum absolute atomic E-state index is 0.787. The summed E-state index contributed by atoms with van der Waals surface area (Å²) in [4.78, 5) is 2.65. The molecule has 1 saturated heterocycles. The van der Waals surface area contributed by atoms with Crippen LogP contribution in [0.2, 0.25) is 0 Å². The summed E-state index contributed by atoms with van der Waals surface area (Å²) in [5.74, 6) is 0.928. The highest BCUT2D eigenvalue weighted by molar-refractivity contribution is 4.76. The lowest BCUT2D eigenvalue weighted by Crippen LogP contribution is -2.41. The molecule has 0 radical (unpaired) electrons. The van der Waals surface area contributed by atoms with Gasteiger partial charge in [-0.1, -0.05) is 13.8 Å². The molecule has 1 atom stereocenters. The van der Waals surface area contributed by atoms with Crippen LogP contribution in [0.1, 0.15) is 46.5 Å². The zero-order valence-electron chi connectivity index (χ0n) is 10.8. The molecule has 1 aliphatic heterocycles. The van der Waals surface area contributed by atoms with Crippen molar-refractivity contribution in [1.82, 2.24) is 10.2 Å². The largest absolute Gasteiger partial charge is 0.316 e. The van der Waals surface area contributed by atoms with Gasteiger partial charge in [0, 0.05) is 6.04 Å². The van der Waals surface area contributed by atoms with Gasteiger partial charge in [0.15, 0.2) is 0 Å². The fraction of sp³-hybridized carbons (Fsp3) is 1.00.